The maximum Gasteiger partial charge on any atom is 0.152 e. The van der Waals surface area contributed by atoms with Crippen molar-refractivity contribution in [3.63, 3.8) is 0 Å². The molecule has 1 aliphatic carbocycles. The van der Waals surface area contributed by atoms with Crippen molar-refractivity contribution in [2.75, 3.05) is 0 Å². The van der Waals surface area contributed by atoms with E-state index in [1.165, 1.54) is 6.92 Å². The molecule has 0 bridgehead atoms. The third kappa shape index (κ3) is 3.28. The van der Waals surface area contributed by atoms with Gasteiger partial charge in [-0.2, -0.15) is 0 Å². The number of rotatable bonds is 3. The summed E-state index contributed by atoms with van der Waals surface area (Å²) >= 11 is 0. The van der Waals surface area contributed by atoms with Crippen LogP contribution in [0.1, 0.15) is 24.5 Å². The number of aliphatic hydroxyl groups is 1. The maximum absolute atomic E-state index is 10.9. The lowest BCUT2D eigenvalue weighted by molar-refractivity contribution is -0.112. The van der Waals surface area contributed by atoms with E-state index in [0.29, 0.717) is 6.42 Å². The van der Waals surface area contributed by atoms with Crippen molar-refractivity contribution < 1.29 is 9.90 Å². The summed E-state index contributed by atoms with van der Waals surface area (Å²) in [7, 11) is 0. The van der Waals surface area contributed by atoms with Gasteiger partial charge in [0.2, 0.25) is 0 Å². The Balaban J connectivity index is 2.23. The molecule has 1 atom stereocenters. The first-order chi connectivity index (χ1) is 8.65. The second-order valence-electron chi connectivity index (χ2n) is 4.39. The minimum Gasteiger partial charge on any atom is -0.389 e. The number of hydrogen-bond acceptors (Lipinski definition) is 2. The molecule has 1 aromatic carbocycles. The summed E-state index contributed by atoms with van der Waals surface area (Å²) in [5, 5.41) is 9.39. The van der Waals surface area contributed by atoms with Crippen LogP contribution in [0, 0.1) is 0 Å². The van der Waals surface area contributed by atoms with Gasteiger partial charge in [-0.05, 0) is 42.2 Å². The van der Waals surface area contributed by atoms with Crippen LogP contribution in [0.3, 0.4) is 0 Å². The van der Waals surface area contributed by atoms with Crippen LogP contribution in [-0.2, 0) is 4.79 Å². The molecule has 0 fully saturated rings. The number of carbonyl (C=O) groups is 1. The lowest BCUT2D eigenvalue weighted by atomic mass is 9.97. The summed E-state index contributed by atoms with van der Waals surface area (Å²) < 4.78 is 0. The monoisotopic (exact) mass is 240 g/mol. The van der Waals surface area contributed by atoms with Gasteiger partial charge in [-0.15, -0.1) is 0 Å². The molecule has 1 aromatic rings. The maximum atomic E-state index is 10.9. The van der Waals surface area contributed by atoms with E-state index in [-0.39, 0.29) is 11.9 Å². The minimum absolute atomic E-state index is 0.0419. The van der Waals surface area contributed by atoms with Gasteiger partial charge in [0, 0.05) is 0 Å². The molecule has 0 aliphatic heterocycles. The first-order valence-corrected chi connectivity index (χ1v) is 6.00. The van der Waals surface area contributed by atoms with E-state index >= 15 is 0 Å². The molecule has 1 unspecified atom stereocenters. The summed E-state index contributed by atoms with van der Waals surface area (Å²) in [4.78, 5) is 10.9. The van der Waals surface area contributed by atoms with Crippen LogP contribution in [0.25, 0.3) is 11.6 Å². The van der Waals surface area contributed by atoms with E-state index in [1.54, 1.807) is 12.2 Å². The fourth-order valence-corrected chi connectivity index (χ4v) is 1.86. The number of aliphatic hydroxyl groups excluding tert-OH is 1. The number of hydrogen-bond donors (Lipinski definition) is 1. The molecule has 1 N–H and O–H groups in total. The number of allylic oxidation sites excluding steroid dienone is 3. The highest BCUT2D eigenvalue weighted by Gasteiger charge is 2.06. The second-order valence-corrected chi connectivity index (χ2v) is 4.39. The van der Waals surface area contributed by atoms with Crippen LogP contribution >= 0.6 is 0 Å². The van der Waals surface area contributed by atoms with Gasteiger partial charge in [0.05, 0.1) is 6.10 Å². The average molecular weight is 240 g/mol. The van der Waals surface area contributed by atoms with Crippen molar-refractivity contribution in [1.82, 2.24) is 0 Å². The van der Waals surface area contributed by atoms with E-state index in [1.807, 2.05) is 42.5 Å². The van der Waals surface area contributed by atoms with Crippen LogP contribution in [0.4, 0.5) is 0 Å². The Morgan fingerprint density at radius 2 is 2.28 bits per heavy atom. The standard InChI is InChI=1S/C16H16O2/c1-12(17)5-6-13-3-2-4-15(11-13)14-7-9-16(18)10-8-14/h2-9,11,16,18H,10H2,1H3/b6-5+. The van der Waals surface area contributed by atoms with Gasteiger partial charge in [0.1, 0.15) is 0 Å². The molecule has 0 amide bonds. The molecule has 0 radical (unpaired) electrons. The summed E-state index contributed by atoms with van der Waals surface area (Å²) in [6, 6.07) is 7.99. The first-order valence-electron chi connectivity index (χ1n) is 6.00. The summed E-state index contributed by atoms with van der Waals surface area (Å²) in [6.07, 6.45) is 9.42. The molecule has 2 nitrogen and oxygen atoms in total. The van der Waals surface area contributed by atoms with Crippen LogP contribution in [0.15, 0.2) is 48.6 Å². The lowest BCUT2D eigenvalue weighted by Gasteiger charge is -2.11. The molecule has 0 saturated heterocycles. The van der Waals surface area contributed by atoms with Crippen LogP contribution in [0.5, 0.6) is 0 Å². The zero-order valence-corrected chi connectivity index (χ0v) is 10.3. The molecule has 0 heterocycles. The third-order valence-electron chi connectivity index (χ3n) is 2.81. The van der Waals surface area contributed by atoms with Gasteiger partial charge in [-0.1, -0.05) is 42.5 Å². The highest BCUT2D eigenvalue weighted by Crippen LogP contribution is 2.22. The third-order valence-corrected chi connectivity index (χ3v) is 2.81. The topological polar surface area (TPSA) is 37.3 Å². The van der Waals surface area contributed by atoms with Crippen LogP contribution < -0.4 is 0 Å². The Hall–Kier alpha value is -1.93. The Labute approximate surface area is 107 Å². The van der Waals surface area contributed by atoms with Gasteiger partial charge in [-0.25, -0.2) is 0 Å². The van der Waals surface area contributed by atoms with Crippen molar-refractivity contribution >= 4 is 17.4 Å². The zero-order chi connectivity index (χ0) is 13.0. The summed E-state index contributed by atoms with van der Waals surface area (Å²) in [5.41, 5.74) is 3.21. The number of ketones is 1. The summed E-state index contributed by atoms with van der Waals surface area (Å²) in [5.74, 6) is 0.0419. The van der Waals surface area contributed by atoms with Gasteiger partial charge in [-0.3, -0.25) is 4.79 Å². The molecule has 0 aromatic heterocycles. The van der Waals surface area contributed by atoms with Gasteiger partial charge in [0.25, 0.3) is 0 Å². The van der Waals surface area contributed by atoms with Crippen molar-refractivity contribution in [3.05, 3.63) is 59.7 Å². The van der Waals surface area contributed by atoms with E-state index in [0.717, 1.165) is 16.7 Å². The largest absolute Gasteiger partial charge is 0.389 e. The van der Waals surface area contributed by atoms with Gasteiger partial charge in [0.15, 0.2) is 5.78 Å². The molecule has 1 aliphatic rings. The molecule has 2 heteroatoms. The molecular weight excluding hydrogens is 224 g/mol. The van der Waals surface area contributed by atoms with Crippen molar-refractivity contribution in [2.45, 2.75) is 19.4 Å². The van der Waals surface area contributed by atoms with E-state index < -0.39 is 0 Å². The fraction of sp³-hybridized carbons (Fsp3) is 0.188. The van der Waals surface area contributed by atoms with Gasteiger partial charge < -0.3 is 5.11 Å². The average Bonchev–Trinajstić information content (AvgIpc) is 2.37. The Morgan fingerprint density at radius 3 is 2.94 bits per heavy atom. The predicted octanol–water partition coefficient (Wildman–Crippen LogP) is 2.99. The lowest BCUT2D eigenvalue weighted by Crippen LogP contribution is -2.03. The van der Waals surface area contributed by atoms with Crippen LogP contribution in [0.2, 0.25) is 0 Å². The van der Waals surface area contributed by atoms with Gasteiger partial charge >= 0.3 is 0 Å². The fourth-order valence-electron chi connectivity index (χ4n) is 1.86. The second kappa shape index (κ2) is 5.61. The van der Waals surface area contributed by atoms with Crippen LogP contribution in [-0.4, -0.2) is 17.0 Å². The Bertz CT molecular complexity index is 536. The smallest absolute Gasteiger partial charge is 0.152 e. The summed E-state index contributed by atoms with van der Waals surface area (Å²) in [6.45, 7) is 1.54. The zero-order valence-electron chi connectivity index (χ0n) is 10.3. The molecule has 0 saturated carbocycles. The highest BCUT2D eigenvalue weighted by atomic mass is 16.3. The predicted molar refractivity (Wildman–Crippen MR) is 73.9 cm³/mol. The van der Waals surface area contributed by atoms with E-state index in [4.69, 9.17) is 0 Å². The Kier molecular flexibility index (Phi) is 3.90. The highest BCUT2D eigenvalue weighted by molar-refractivity contribution is 5.91. The minimum atomic E-state index is -0.366. The number of benzene rings is 1. The first kappa shape index (κ1) is 12.5. The quantitative estimate of drug-likeness (QED) is 0.825. The Morgan fingerprint density at radius 1 is 1.44 bits per heavy atom. The molecule has 92 valence electrons. The number of carbonyl (C=O) groups excluding carboxylic acids is 1. The molecular formula is C16H16O2. The molecule has 0 spiro atoms. The van der Waals surface area contributed by atoms with Crippen molar-refractivity contribution in [1.29, 1.82) is 0 Å². The molecule has 2 rings (SSSR count). The van der Waals surface area contributed by atoms with Crippen molar-refractivity contribution in [3.8, 4) is 0 Å². The van der Waals surface area contributed by atoms with Crippen molar-refractivity contribution in [2.24, 2.45) is 0 Å². The SMILES string of the molecule is CC(=O)/C=C/c1cccc(C2=CCC(O)C=C2)c1. The molecule has 18 heavy (non-hydrogen) atoms. The van der Waals surface area contributed by atoms with E-state index in [2.05, 4.69) is 0 Å². The van der Waals surface area contributed by atoms with E-state index in [9.17, 15) is 9.90 Å². The normalized spacial score (nSPS) is 19.0.